The quantitative estimate of drug-likeness (QED) is 0.763. The molecule has 2 nitrogen and oxygen atoms in total. The van der Waals surface area contributed by atoms with Crippen LogP contribution in [0.1, 0.15) is 5.69 Å². The van der Waals surface area contributed by atoms with E-state index in [1.807, 2.05) is 30.3 Å². The van der Waals surface area contributed by atoms with Gasteiger partial charge < -0.3 is 5.73 Å². The summed E-state index contributed by atoms with van der Waals surface area (Å²) < 4.78 is 0. The Morgan fingerprint density at radius 1 is 1.25 bits per heavy atom. The number of nitrogens with two attached hydrogens (primary N) is 1. The van der Waals surface area contributed by atoms with Crippen LogP contribution in [-0.2, 0) is 0 Å². The number of nitrogen functional groups attached to an aromatic ring is 1. The topological polar surface area (TPSA) is 38.9 Å². The molecule has 0 aliphatic heterocycles. The fraction of sp³-hybridized carbons (Fsp3) is 0. The maximum atomic E-state index is 5.99. The van der Waals surface area contributed by atoms with Crippen molar-refractivity contribution in [3.05, 3.63) is 47.1 Å². The summed E-state index contributed by atoms with van der Waals surface area (Å²) in [6.45, 7) is 0. The first kappa shape index (κ1) is 10.5. The zero-order valence-corrected chi connectivity index (χ0v) is 9.20. The highest BCUT2D eigenvalue weighted by Crippen LogP contribution is 2.27. The van der Waals surface area contributed by atoms with E-state index in [0.29, 0.717) is 16.4 Å². The standard InChI is InChI=1S/C13H9ClN2/c1-2-11-13(15)10(14)8-12(16-11)9-6-4-3-5-7-9/h1,3-8H,15H2. The van der Waals surface area contributed by atoms with Crippen molar-refractivity contribution < 1.29 is 0 Å². The second-order valence-corrected chi connectivity index (χ2v) is 3.67. The molecule has 2 rings (SSSR count). The van der Waals surface area contributed by atoms with E-state index in [9.17, 15) is 0 Å². The highest BCUT2D eigenvalue weighted by atomic mass is 35.5. The van der Waals surface area contributed by atoms with Gasteiger partial charge in [0.15, 0.2) is 0 Å². The van der Waals surface area contributed by atoms with Crippen LogP contribution in [0.5, 0.6) is 0 Å². The molecule has 0 unspecified atom stereocenters. The molecule has 0 aliphatic rings. The number of benzene rings is 1. The van der Waals surface area contributed by atoms with Crippen LogP contribution in [-0.4, -0.2) is 4.98 Å². The predicted octanol–water partition coefficient (Wildman–Crippen LogP) is 2.97. The van der Waals surface area contributed by atoms with Crippen molar-refractivity contribution in [1.82, 2.24) is 4.98 Å². The molecule has 0 aliphatic carbocycles. The molecule has 78 valence electrons. The third-order valence-electron chi connectivity index (χ3n) is 2.21. The summed E-state index contributed by atoms with van der Waals surface area (Å²) in [5.74, 6) is 2.43. The molecule has 3 heteroatoms. The molecule has 1 heterocycles. The summed E-state index contributed by atoms with van der Waals surface area (Å²) in [5, 5.41) is 0.432. The molecular weight excluding hydrogens is 220 g/mol. The van der Waals surface area contributed by atoms with Gasteiger partial charge in [-0.25, -0.2) is 4.98 Å². The molecule has 2 N–H and O–H groups in total. The monoisotopic (exact) mass is 228 g/mol. The molecule has 1 aromatic heterocycles. The maximum Gasteiger partial charge on any atom is 0.138 e. The van der Waals surface area contributed by atoms with Gasteiger partial charge in [0.25, 0.3) is 0 Å². The van der Waals surface area contributed by atoms with Crippen LogP contribution in [0.15, 0.2) is 36.4 Å². The number of nitrogens with zero attached hydrogens (tertiary/aromatic N) is 1. The van der Waals surface area contributed by atoms with E-state index in [0.717, 1.165) is 11.3 Å². The molecule has 0 amide bonds. The second-order valence-electron chi connectivity index (χ2n) is 3.26. The Balaban J connectivity index is 2.61. The Morgan fingerprint density at radius 3 is 2.56 bits per heavy atom. The molecule has 0 saturated heterocycles. The summed E-state index contributed by atoms with van der Waals surface area (Å²) in [5.41, 5.74) is 8.12. The molecule has 0 radical (unpaired) electrons. The number of halogens is 1. The molecule has 16 heavy (non-hydrogen) atoms. The van der Waals surface area contributed by atoms with Gasteiger partial charge in [-0.2, -0.15) is 0 Å². The van der Waals surface area contributed by atoms with Crippen LogP contribution in [0.4, 0.5) is 5.69 Å². The predicted molar refractivity (Wildman–Crippen MR) is 67.0 cm³/mol. The van der Waals surface area contributed by atoms with Gasteiger partial charge >= 0.3 is 0 Å². The van der Waals surface area contributed by atoms with Crippen LogP contribution in [0.2, 0.25) is 5.02 Å². The Labute approximate surface area is 99.1 Å². The van der Waals surface area contributed by atoms with Crippen LogP contribution in [0.25, 0.3) is 11.3 Å². The van der Waals surface area contributed by atoms with Crippen molar-refractivity contribution in [3.63, 3.8) is 0 Å². The Bertz CT molecular complexity index is 556. The van der Waals surface area contributed by atoms with E-state index in [2.05, 4.69) is 10.9 Å². The Hall–Kier alpha value is -1.98. The first-order valence-electron chi connectivity index (χ1n) is 4.70. The molecule has 0 spiro atoms. The van der Waals surface area contributed by atoms with Crippen molar-refractivity contribution in [3.8, 4) is 23.6 Å². The van der Waals surface area contributed by atoms with E-state index < -0.39 is 0 Å². The first-order valence-corrected chi connectivity index (χ1v) is 5.08. The molecule has 2 aromatic rings. The summed E-state index contributed by atoms with van der Waals surface area (Å²) in [7, 11) is 0. The van der Waals surface area contributed by atoms with Crippen LogP contribution >= 0.6 is 11.6 Å². The molecule has 1 aromatic carbocycles. The average Bonchev–Trinajstić information content (AvgIpc) is 2.33. The lowest BCUT2D eigenvalue weighted by molar-refractivity contribution is 1.29. The lowest BCUT2D eigenvalue weighted by atomic mass is 10.1. The maximum absolute atomic E-state index is 5.99. The fourth-order valence-electron chi connectivity index (χ4n) is 1.39. The SMILES string of the molecule is C#Cc1nc(-c2ccccc2)cc(Cl)c1N. The zero-order chi connectivity index (χ0) is 11.5. The van der Waals surface area contributed by atoms with Crippen molar-refractivity contribution in [2.45, 2.75) is 0 Å². The van der Waals surface area contributed by atoms with E-state index in [1.54, 1.807) is 6.07 Å². The number of rotatable bonds is 1. The molecule has 0 fully saturated rings. The van der Waals surface area contributed by atoms with Crippen LogP contribution < -0.4 is 5.73 Å². The first-order chi connectivity index (χ1) is 7.72. The molecule has 0 bridgehead atoms. The number of terminal acetylenes is 1. The van der Waals surface area contributed by atoms with Gasteiger partial charge in [-0.15, -0.1) is 6.42 Å². The van der Waals surface area contributed by atoms with Crippen molar-refractivity contribution in [2.24, 2.45) is 0 Å². The third-order valence-corrected chi connectivity index (χ3v) is 2.53. The second kappa shape index (κ2) is 4.26. The van der Waals surface area contributed by atoms with Gasteiger partial charge in [-0.1, -0.05) is 41.9 Å². The number of aromatic nitrogens is 1. The molecule has 0 atom stereocenters. The third kappa shape index (κ3) is 1.86. The van der Waals surface area contributed by atoms with Crippen molar-refractivity contribution in [1.29, 1.82) is 0 Å². The Morgan fingerprint density at radius 2 is 1.94 bits per heavy atom. The van der Waals surface area contributed by atoms with E-state index in [4.69, 9.17) is 23.8 Å². The number of hydrogen-bond donors (Lipinski definition) is 1. The minimum Gasteiger partial charge on any atom is -0.395 e. The lowest BCUT2D eigenvalue weighted by Gasteiger charge is -2.05. The van der Waals surface area contributed by atoms with Gasteiger partial charge in [0, 0.05) is 5.56 Å². The Kier molecular flexibility index (Phi) is 2.80. The number of anilines is 1. The normalized spacial score (nSPS) is 9.75. The highest BCUT2D eigenvalue weighted by molar-refractivity contribution is 6.33. The summed E-state index contributed by atoms with van der Waals surface area (Å²) >= 11 is 5.99. The van der Waals surface area contributed by atoms with Crippen LogP contribution in [0.3, 0.4) is 0 Å². The van der Waals surface area contributed by atoms with E-state index >= 15 is 0 Å². The lowest BCUT2D eigenvalue weighted by Crippen LogP contribution is -1.97. The summed E-state index contributed by atoms with van der Waals surface area (Å²) in [6, 6.07) is 11.4. The van der Waals surface area contributed by atoms with Crippen molar-refractivity contribution >= 4 is 17.3 Å². The number of hydrogen-bond acceptors (Lipinski definition) is 2. The fourth-order valence-corrected chi connectivity index (χ4v) is 1.58. The van der Waals surface area contributed by atoms with E-state index in [1.165, 1.54) is 0 Å². The van der Waals surface area contributed by atoms with Gasteiger partial charge in [-0.05, 0) is 12.0 Å². The number of pyridine rings is 1. The average molecular weight is 229 g/mol. The van der Waals surface area contributed by atoms with Crippen molar-refractivity contribution in [2.75, 3.05) is 5.73 Å². The zero-order valence-electron chi connectivity index (χ0n) is 8.44. The smallest absolute Gasteiger partial charge is 0.138 e. The molecular formula is C13H9ClN2. The van der Waals surface area contributed by atoms with Gasteiger partial charge in [-0.3, -0.25) is 0 Å². The highest BCUT2D eigenvalue weighted by Gasteiger charge is 2.07. The van der Waals surface area contributed by atoms with Gasteiger partial charge in [0.05, 0.1) is 16.4 Å². The van der Waals surface area contributed by atoms with Gasteiger partial charge in [0.2, 0.25) is 0 Å². The van der Waals surface area contributed by atoms with Gasteiger partial charge in [0.1, 0.15) is 5.69 Å². The minimum atomic E-state index is 0.351. The minimum absolute atomic E-state index is 0.351. The summed E-state index contributed by atoms with van der Waals surface area (Å²) in [4.78, 5) is 4.28. The van der Waals surface area contributed by atoms with E-state index in [-0.39, 0.29) is 0 Å². The largest absolute Gasteiger partial charge is 0.395 e. The summed E-state index contributed by atoms with van der Waals surface area (Å²) in [6.07, 6.45) is 5.32. The van der Waals surface area contributed by atoms with Crippen LogP contribution in [0, 0.1) is 12.3 Å². The molecule has 0 saturated carbocycles.